The van der Waals surface area contributed by atoms with Crippen LogP contribution in [0.2, 0.25) is 0 Å². The first-order valence-corrected chi connectivity index (χ1v) is 17.2. The van der Waals surface area contributed by atoms with Crippen molar-refractivity contribution < 1.29 is 0 Å². The molecule has 48 heavy (non-hydrogen) atoms. The Kier molecular flexibility index (Phi) is 5.50. The van der Waals surface area contributed by atoms with Gasteiger partial charge in [0.25, 0.3) is 0 Å². The van der Waals surface area contributed by atoms with E-state index in [0.717, 1.165) is 0 Å². The minimum Gasteiger partial charge on any atom is -0.0619 e. The highest BCUT2D eigenvalue weighted by Gasteiger charge is 2.39. The van der Waals surface area contributed by atoms with Crippen LogP contribution in [-0.4, -0.2) is 0 Å². The van der Waals surface area contributed by atoms with Crippen LogP contribution in [0, 0.1) is 0 Å². The SMILES string of the molecule is CC1(C)c2ccccc2-c2ccc(-c3c4ccccc4c(-c4cccc5c4-c4c(ccc6ccccc46)C5(C)C)c4ccccc34)cc21. The molecule has 0 atom stereocenters. The predicted octanol–water partition coefficient (Wildman–Crippen LogP) is 13.1. The van der Waals surface area contributed by atoms with Crippen LogP contribution in [-0.2, 0) is 10.8 Å². The standard InChI is InChI=1S/C48H36/c1-47(2)39-22-12-11-16-32(39)33-26-24-30(28-42(33)47)43-34-17-7-9-19-36(34)44(37-20-10-8-18-35(37)43)38-21-13-23-40-46(38)45-31-15-6-5-14-29(31)25-27-41(45)48(40,3)4/h5-28H,1-4H3. The molecule has 2 aliphatic rings. The van der Waals surface area contributed by atoms with Crippen molar-refractivity contribution in [2.75, 3.05) is 0 Å². The second-order valence-corrected chi connectivity index (χ2v) is 14.8. The Bertz CT molecular complexity index is 2610. The molecule has 8 aromatic carbocycles. The molecule has 0 heteroatoms. The maximum absolute atomic E-state index is 2.48. The van der Waals surface area contributed by atoms with Gasteiger partial charge in [-0.2, -0.15) is 0 Å². The number of benzene rings is 8. The van der Waals surface area contributed by atoms with Crippen molar-refractivity contribution >= 4 is 32.3 Å². The van der Waals surface area contributed by atoms with Gasteiger partial charge in [0.1, 0.15) is 0 Å². The quantitative estimate of drug-likeness (QED) is 0.170. The number of hydrogen-bond donors (Lipinski definition) is 0. The van der Waals surface area contributed by atoms with Crippen LogP contribution in [0.25, 0.3) is 76.8 Å². The third-order valence-corrected chi connectivity index (χ3v) is 11.7. The summed E-state index contributed by atoms with van der Waals surface area (Å²) in [6.07, 6.45) is 0. The van der Waals surface area contributed by atoms with E-state index in [1.54, 1.807) is 0 Å². The van der Waals surface area contributed by atoms with Crippen molar-refractivity contribution in [1.82, 2.24) is 0 Å². The fourth-order valence-corrected chi connectivity index (χ4v) is 9.35. The molecular weight excluding hydrogens is 577 g/mol. The Morgan fingerprint density at radius 2 is 0.833 bits per heavy atom. The highest BCUT2D eigenvalue weighted by Crippen LogP contribution is 2.57. The Balaban J connectivity index is 1.30. The molecule has 0 aliphatic heterocycles. The summed E-state index contributed by atoms with van der Waals surface area (Å²) in [6.45, 7) is 9.53. The van der Waals surface area contributed by atoms with Gasteiger partial charge in [0.05, 0.1) is 0 Å². The first kappa shape index (κ1) is 27.6. The summed E-state index contributed by atoms with van der Waals surface area (Å²) >= 11 is 0. The number of hydrogen-bond acceptors (Lipinski definition) is 0. The molecule has 0 saturated heterocycles. The zero-order valence-electron chi connectivity index (χ0n) is 27.9. The summed E-state index contributed by atoms with van der Waals surface area (Å²) in [5.74, 6) is 0. The lowest BCUT2D eigenvalue weighted by Crippen LogP contribution is -2.15. The molecule has 0 radical (unpaired) electrons. The van der Waals surface area contributed by atoms with Gasteiger partial charge >= 0.3 is 0 Å². The lowest BCUT2D eigenvalue weighted by molar-refractivity contribution is 0.660. The molecule has 0 nitrogen and oxygen atoms in total. The maximum Gasteiger partial charge on any atom is 0.0159 e. The van der Waals surface area contributed by atoms with Gasteiger partial charge in [0, 0.05) is 10.8 Å². The molecule has 0 aromatic heterocycles. The van der Waals surface area contributed by atoms with Gasteiger partial charge in [-0.25, -0.2) is 0 Å². The molecular formula is C48H36. The van der Waals surface area contributed by atoms with Gasteiger partial charge in [-0.15, -0.1) is 0 Å². The van der Waals surface area contributed by atoms with Crippen LogP contribution in [0.1, 0.15) is 49.9 Å². The third-order valence-electron chi connectivity index (χ3n) is 11.7. The molecule has 0 heterocycles. The minimum absolute atomic E-state index is 0.0545. The van der Waals surface area contributed by atoms with E-state index < -0.39 is 0 Å². The first-order chi connectivity index (χ1) is 23.4. The van der Waals surface area contributed by atoms with E-state index in [1.165, 1.54) is 99.1 Å². The molecule has 0 N–H and O–H groups in total. The van der Waals surface area contributed by atoms with Gasteiger partial charge in [-0.1, -0.05) is 167 Å². The Morgan fingerprint density at radius 1 is 0.312 bits per heavy atom. The maximum atomic E-state index is 2.48. The van der Waals surface area contributed by atoms with Crippen LogP contribution in [0.5, 0.6) is 0 Å². The molecule has 10 rings (SSSR count). The Labute approximate surface area is 282 Å². The normalized spacial score (nSPS) is 15.0. The van der Waals surface area contributed by atoms with Gasteiger partial charge < -0.3 is 0 Å². The van der Waals surface area contributed by atoms with Crippen LogP contribution in [0.4, 0.5) is 0 Å². The van der Waals surface area contributed by atoms with Gasteiger partial charge in [0.15, 0.2) is 0 Å². The van der Waals surface area contributed by atoms with Crippen LogP contribution in [0.15, 0.2) is 146 Å². The Hall–Kier alpha value is -5.46. The number of rotatable bonds is 2. The highest BCUT2D eigenvalue weighted by molar-refractivity contribution is 6.23. The van der Waals surface area contributed by atoms with Crippen LogP contribution < -0.4 is 0 Å². The first-order valence-electron chi connectivity index (χ1n) is 17.2. The van der Waals surface area contributed by atoms with E-state index in [4.69, 9.17) is 0 Å². The molecule has 0 fully saturated rings. The van der Waals surface area contributed by atoms with Gasteiger partial charge in [-0.3, -0.25) is 0 Å². The van der Waals surface area contributed by atoms with E-state index in [9.17, 15) is 0 Å². The van der Waals surface area contributed by atoms with Crippen LogP contribution >= 0.6 is 0 Å². The monoisotopic (exact) mass is 612 g/mol. The predicted molar refractivity (Wildman–Crippen MR) is 205 cm³/mol. The topological polar surface area (TPSA) is 0 Å². The van der Waals surface area contributed by atoms with E-state index in [-0.39, 0.29) is 10.8 Å². The Morgan fingerprint density at radius 3 is 1.56 bits per heavy atom. The molecule has 0 bridgehead atoms. The van der Waals surface area contributed by atoms with Crippen LogP contribution in [0.3, 0.4) is 0 Å². The fraction of sp³-hybridized carbons (Fsp3) is 0.125. The summed E-state index contributed by atoms with van der Waals surface area (Å²) in [6, 6.07) is 54.9. The summed E-state index contributed by atoms with van der Waals surface area (Å²) in [5, 5.41) is 7.82. The van der Waals surface area contributed by atoms with E-state index in [1.807, 2.05) is 0 Å². The van der Waals surface area contributed by atoms with Crippen molar-refractivity contribution in [2.24, 2.45) is 0 Å². The van der Waals surface area contributed by atoms with Crippen molar-refractivity contribution in [1.29, 1.82) is 0 Å². The zero-order chi connectivity index (χ0) is 32.4. The zero-order valence-corrected chi connectivity index (χ0v) is 27.9. The highest BCUT2D eigenvalue weighted by atomic mass is 14.4. The lowest BCUT2D eigenvalue weighted by Gasteiger charge is -2.24. The largest absolute Gasteiger partial charge is 0.0619 e. The lowest BCUT2D eigenvalue weighted by atomic mass is 9.79. The molecule has 0 saturated carbocycles. The fourth-order valence-electron chi connectivity index (χ4n) is 9.35. The third kappa shape index (κ3) is 3.50. The average Bonchev–Trinajstić information content (AvgIpc) is 3.50. The van der Waals surface area contributed by atoms with Crippen molar-refractivity contribution in [3.63, 3.8) is 0 Å². The average molecular weight is 613 g/mol. The summed E-state index contributed by atoms with van der Waals surface area (Å²) in [5.41, 5.74) is 16.2. The van der Waals surface area contributed by atoms with Gasteiger partial charge in [-0.05, 0) is 105 Å². The second-order valence-electron chi connectivity index (χ2n) is 14.8. The number of fused-ring (bicyclic) bond motifs is 10. The van der Waals surface area contributed by atoms with E-state index in [2.05, 4.69) is 173 Å². The van der Waals surface area contributed by atoms with Crippen molar-refractivity contribution in [3.8, 4) is 44.5 Å². The summed E-state index contributed by atoms with van der Waals surface area (Å²) in [4.78, 5) is 0. The van der Waals surface area contributed by atoms with Crippen molar-refractivity contribution in [2.45, 2.75) is 38.5 Å². The molecule has 2 aliphatic carbocycles. The molecule has 0 unspecified atom stereocenters. The second kappa shape index (κ2) is 9.55. The van der Waals surface area contributed by atoms with E-state index in [0.29, 0.717) is 0 Å². The smallest absolute Gasteiger partial charge is 0.0159 e. The summed E-state index contributed by atoms with van der Waals surface area (Å²) < 4.78 is 0. The van der Waals surface area contributed by atoms with E-state index >= 15 is 0 Å². The molecule has 0 spiro atoms. The van der Waals surface area contributed by atoms with Gasteiger partial charge in [0.2, 0.25) is 0 Å². The summed E-state index contributed by atoms with van der Waals surface area (Å²) in [7, 11) is 0. The molecule has 228 valence electrons. The molecule has 0 amide bonds. The van der Waals surface area contributed by atoms with Crippen molar-refractivity contribution in [3.05, 3.63) is 168 Å². The molecule has 8 aromatic rings. The minimum atomic E-state index is -0.0922.